The Bertz CT molecular complexity index is 3910. The third kappa shape index (κ3) is 5.45. The minimum absolute atomic E-state index is 0.573. The number of rotatable bonds is 5. The molecule has 0 aliphatic heterocycles. The van der Waals surface area contributed by atoms with Crippen LogP contribution in [0.1, 0.15) is 0 Å². The Morgan fingerprint density at radius 2 is 0.823 bits per heavy atom. The van der Waals surface area contributed by atoms with E-state index in [0.717, 1.165) is 82.6 Å². The Morgan fingerprint density at radius 1 is 0.323 bits per heavy atom. The van der Waals surface area contributed by atoms with Crippen molar-refractivity contribution in [3.63, 3.8) is 0 Å². The van der Waals surface area contributed by atoms with Gasteiger partial charge in [0.2, 0.25) is 0 Å². The Labute approximate surface area is 355 Å². The Balaban J connectivity index is 1.15. The van der Waals surface area contributed by atoms with Gasteiger partial charge in [-0.2, -0.15) is 0 Å². The summed E-state index contributed by atoms with van der Waals surface area (Å²) >= 11 is 0. The van der Waals surface area contributed by atoms with Crippen LogP contribution in [0.4, 0.5) is 0 Å². The van der Waals surface area contributed by atoms with E-state index >= 15 is 0 Å². The highest BCUT2D eigenvalue weighted by Crippen LogP contribution is 2.44. The molecule has 0 bridgehead atoms. The first-order valence-corrected chi connectivity index (χ1v) is 20.9. The lowest BCUT2D eigenvalue weighted by molar-refractivity contribution is 0.669. The van der Waals surface area contributed by atoms with E-state index in [1.807, 2.05) is 24.3 Å². The first kappa shape index (κ1) is 34.5. The van der Waals surface area contributed by atoms with Crippen LogP contribution in [-0.4, -0.2) is 19.5 Å². The maximum Gasteiger partial charge on any atom is 0.166 e. The Morgan fingerprint density at radius 3 is 1.53 bits per heavy atom. The van der Waals surface area contributed by atoms with Gasteiger partial charge in [-0.15, -0.1) is 0 Å². The number of hydrogen-bond acceptors (Lipinski definition) is 4. The van der Waals surface area contributed by atoms with Crippen molar-refractivity contribution in [3.8, 4) is 51.0 Å². The average molecular weight is 791 g/mol. The van der Waals surface area contributed by atoms with Crippen molar-refractivity contribution in [1.82, 2.24) is 19.5 Å². The Kier molecular flexibility index (Phi) is 7.54. The largest absolute Gasteiger partial charge is 0.456 e. The van der Waals surface area contributed by atoms with Gasteiger partial charge in [0.1, 0.15) is 11.2 Å². The van der Waals surface area contributed by atoms with E-state index in [4.69, 9.17) is 19.4 Å². The van der Waals surface area contributed by atoms with Crippen LogP contribution in [0.15, 0.2) is 211 Å². The van der Waals surface area contributed by atoms with E-state index in [0.29, 0.717) is 17.5 Å². The zero-order chi connectivity index (χ0) is 40.7. The molecule has 0 radical (unpaired) electrons. The predicted molar refractivity (Wildman–Crippen MR) is 256 cm³/mol. The topological polar surface area (TPSA) is 56.7 Å². The number of nitrogens with zero attached hydrogens (tertiary/aromatic N) is 4. The maximum atomic E-state index is 6.84. The van der Waals surface area contributed by atoms with E-state index in [-0.39, 0.29) is 0 Å². The molecular weight excluding hydrogens is 757 g/mol. The molecule has 3 heterocycles. The van der Waals surface area contributed by atoms with Crippen molar-refractivity contribution in [2.45, 2.75) is 0 Å². The summed E-state index contributed by atoms with van der Waals surface area (Å²) in [6.45, 7) is 0. The zero-order valence-electron chi connectivity index (χ0n) is 33.3. The molecule has 0 amide bonds. The second kappa shape index (κ2) is 13.6. The molecule has 0 spiro atoms. The van der Waals surface area contributed by atoms with Gasteiger partial charge in [0.25, 0.3) is 0 Å². The van der Waals surface area contributed by atoms with Gasteiger partial charge in [0.15, 0.2) is 17.5 Å². The highest BCUT2D eigenvalue weighted by Gasteiger charge is 2.24. The van der Waals surface area contributed by atoms with Crippen molar-refractivity contribution in [2.75, 3.05) is 0 Å². The number of furan rings is 1. The predicted octanol–water partition coefficient (Wildman–Crippen LogP) is 15.0. The smallest absolute Gasteiger partial charge is 0.166 e. The van der Waals surface area contributed by atoms with E-state index in [9.17, 15) is 0 Å². The number of fused-ring (bicyclic) bond motifs is 10. The van der Waals surface area contributed by atoms with Crippen LogP contribution in [0, 0.1) is 0 Å². The van der Waals surface area contributed by atoms with Gasteiger partial charge in [-0.1, -0.05) is 170 Å². The number of hydrogen-bond donors (Lipinski definition) is 0. The molecule has 0 unspecified atom stereocenters. The first-order chi connectivity index (χ1) is 30.7. The third-order valence-corrected chi connectivity index (χ3v) is 12.4. The second-order valence-electron chi connectivity index (χ2n) is 16.0. The summed E-state index contributed by atoms with van der Waals surface area (Å²) in [4.78, 5) is 15.9. The molecule has 0 fully saturated rings. The summed E-state index contributed by atoms with van der Waals surface area (Å²) in [5.41, 5.74) is 9.72. The number of benzene rings is 10. The zero-order valence-corrected chi connectivity index (χ0v) is 33.3. The summed E-state index contributed by atoms with van der Waals surface area (Å²) in [5, 5.41) is 11.4. The SMILES string of the molecule is c1ccc(-c2ccc(-c3nc(-c4ccccc4)nc(-c4cc5c(cc4-n4c6cc7ccccc7cc6c6ccc7ccccc7c64)oc4cc6ccccc6cc45)n3)cc2)cc1. The first-order valence-electron chi connectivity index (χ1n) is 20.9. The van der Waals surface area contributed by atoms with Gasteiger partial charge in [-0.3, -0.25) is 0 Å². The third-order valence-electron chi connectivity index (χ3n) is 12.4. The molecule has 10 aromatic carbocycles. The molecular formula is C57H34N4O. The lowest BCUT2D eigenvalue weighted by Gasteiger charge is -2.16. The molecule has 0 saturated heterocycles. The molecule has 13 aromatic rings. The molecule has 0 aliphatic rings. The highest BCUT2D eigenvalue weighted by molar-refractivity contribution is 6.21. The lowest BCUT2D eigenvalue weighted by atomic mass is 10.0. The second-order valence-corrected chi connectivity index (χ2v) is 16.0. The minimum Gasteiger partial charge on any atom is -0.456 e. The Hall–Kier alpha value is -8.41. The van der Waals surface area contributed by atoms with Crippen LogP contribution in [0.3, 0.4) is 0 Å². The summed E-state index contributed by atoms with van der Waals surface area (Å²) < 4.78 is 9.25. The molecule has 3 aromatic heterocycles. The van der Waals surface area contributed by atoms with Gasteiger partial charge in [0, 0.05) is 49.7 Å². The molecule has 62 heavy (non-hydrogen) atoms. The lowest BCUT2D eigenvalue weighted by Crippen LogP contribution is -2.04. The normalized spacial score (nSPS) is 11.9. The van der Waals surface area contributed by atoms with E-state index in [1.165, 1.54) is 26.9 Å². The van der Waals surface area contributed by atoms with Gasteiger partial charge < -0.3 is 8.98 Å². The van der Waals surface area contributed by atoms with E-state index < -0.39 is 0 Å². The van der Waals surface area contributed by atoms with E-state index in [2.05, 4.69) is 187 Å². The molecule has 13 rings (SSSR count). The number of aromatic nitrogens is 4. The van der Waals surface area contributed by atoms with Crippen LogP contribution in [0.25, 0.3) is 127 Å². The quantitative estimate of drug-likeness (QED) is 0.174. The summed E-state index contributed by atoms with van der Waals surface area (Å²) in [7, 11) is 0. The molecule has 5 nitrogen and oxygen atoms in total. The van der Waals surface area contributed by atoms with Crippen molar-refractivity contribution in [1.29, 1.82) is 0 Å². The summed E-state index contributed by atoms with van der Waals surface area (Å²) in [5.74, 6) is 1.77. The fourth-order valence-electron chi connectivity index (χ4n) is 9.36. The monoisotopic (exact) mass is 790 g/mol. The average Bonchev–Trinajstić information content (AvgIpc) is 3.86. The van der Waals surface area contributed by atoms with Crippen LogP contribution < -0.4 is 0 Å². The van der Waals surface area contributed by atoms with Gasteiger partial charge in [0.05, 0.1) is 16.7 Å². The minimum atomic E-state index is 0.573. The van der Waals surface area contributed by atoms with Crippen molar-refractivity contribution >= 4 is 76.1 Å². The van der Waals surface area contributed by atoms with Crippen LogP contribution in [0.2, 0.25) is 0 Å². The van der Waals surface area contributed by atoms with Gasteiger partial charge in [-0.05, 0) is 68.4 Å². The van der Waals surface area contributed by atoms with Crippen molar-refractivity contribution in [2.24, 2.45) is 0 Å². The van der Waals surface area contributed by atoms with Crippen molar-refractivity contribution < 1.29 is 4.42 Å². The van der Waals surface area contributed by atoms with Crippen LogP contribution in [-0.2, 0) is 0 Å². The fourth-order valence-corrected chi connectivity index (χ4v) is 9.36. The molecule has 0 saturated carbocycles. The van der Waals surface area contributed by atoms with Gasteiger partial charge >= 0.3 is 0 Å². The molecule has 0 aliphatic carbocycles. The van der Waals surface area contributed by atoms with Crippen molar-refractivity contribution in [3.05, 3.63) is 206 Å². The fraction of sp³-hybridized carbons (Fsp3) is 0. The molecule has 288 valence electrons. The van der Waals surface area contributed by atoms with Crippen LogP contribution >= 0.6 is 0 Å². The maximum absolute atomic E-state index is 6.84. The summed E-state index contributed by atoms with van der Waals surface area (Å²) in [6.07, 6.45) is 0. The van der Waals surface area contributed by atoms with Crippen LogP contribution in [0.5, 0.6) is 0 Å². The highest BCUT2D eigenvalue weighted by atomic mass is 16.3. The standard InChI is InChI=1S/C57H34N4O/c1-3-13-35(14-4-1)36-23-25-39(26-24-36)56-58-55(38-16-5-2-6-17-38)59-57(60-56)49-33-48-47-30-41-19-8-10-21-43(41)32-52(47)62-53(48)34-51(49)61-50-31-42-20-9-7-18-40(42)29-46(50)45-28-27-37-15-11-12-22-44(37)54(45)61/h1-34H. The molecule has 0 atom stereocenters. The molecule has 5 heteroatoms. The molecule has 0 N–H and O–H groups in total. The van der Waals surface area contributed by atoms with Gasteiger partial charge in [-0.25, -0.2) is 15.0 Å². The van der Waals surface area contributed by atoms with E-state index in [1.54, 1.807) is 0 Å². The summed E-state index contributed by atoms with van der Waals surface area (Å²) in [6, 6.07) is 72.8.